The molecule has 104 valence electrons. The zero-order chi connectivity index (χ0) is 14.0. The molecule has 1 fully saturated rings. The average molecular weight is 261 g/mol. The van der Waals surface area contributed by atoms with E-state index in [9.17, 15) is 4.79 Å². The van der Waals surface area contributed by atoms with Crippen LogP contribution < -0.4 is 5.32 Å². The van der Waals surface area contributed by atoms with Gasteiger partial charge in [0.1, 0.15) is 0 Å². The molecule has 1 aromatic carbocycles. The minimum atomic E-state index is 0.148. The first-order valence-electron chi connectivity index (χ1n) is 6.77. The number of amides is 1. The summed E-state index contributed by atoms with van der Waals surface area (Å²) in [5, 5.41) is 3.12. The van der Waals surface area contributed by atoms with E-state index in [4.69, 9.17) is 0 Å². The highest BCUT2D eigenvalue weighted by molar-refractivity contribution is 5.95. The van der Waals surface area contributed by atoms with Crippen LogP contribution in [-0.4, -0.2) is 56.0 Å². The number of likely N-dealkylation sites (N-methyl/N-ethyl adjacent to an activating group) is 1. The van der Waals surface area contributed by atoms with E-state index in [-0.39, 0.29) is 5.91 Å². The maximum absolute atomic E-state index is 12.5. The molecule has 1 aliphatic rings. The number of carbonyl (C=O) groups is 1. The van der Waals surface area contributed by atoms with E-state index in [0.29, 0.717) is 6.04 Å². The van der Waals surface area contributed by atoms with Crippen molar-refractivity contribution in [2.75, 3.05) is 39.5 Å². The molecule has 0 radical (unpaired) electrons. The smallest absolute Gasteiger partial charge is 0.253 e. The summed E-state index contributed by atoms with van der Waals surface area (Å²) >= 11 is 0. The Morgan fingerprint density at radius 1 is 1.42 bits per heavy atom. The molecule has 4 heteroatoms. The van der Waals surface area contributed by atoms with Gasteiger partial charge in [0, 0.05) is 37.4 Å². The number of nitrogens with one attached hydrogen (secondary N) is 1. The maximum atomic E-state index is 12.5. The fourth-order valence-electron chi connectivity index (χ4n) is 2.61. The quantitative estimate of drug-likeness (QED) is 0.901. The van der Waals surface area contributed by atoms with Crippen LogP contribution in [0, 0.1) is 6.92 Å². The summed E-state index contributed by atoms with van der Waals surface area (Å²) in [5.41, 5.74) is 2.97. The van der Waals surface area contributed by atoms with Crippen molar-refractivity contribution >= 4 is 11.6 Å². The molecular weight excluding hydrogens is 238 g/mol. The summed E-state index contributed by atoms with van der Waals surface area (Å²) in [6.07, 6.45) is 1.06. The molecule has 1 atom stereocenters. The van der Waals surface area contributed by atoms with Crippen LogP contribution in [-0.2, 0) is 0 Å². The molecule has 2 rings (SSSR count). The molecule has 0 aliphatic carbocycles. The Balaban J connectivity index is 2.10. The first kappa shape index (κ1) is 13.9. The maximum Gasteiger partial charge on any atom is 0.253 e. The molecule has 0 spiro atoms. The lowest BCUT2D eigenvalue weighted by molar-refractivity contribution is 0.0783. The van der Waals surface area contributed by atoms with Crippen LogP contribution in [0.5, 0.6) is 0 Å². The Morgan fingerprint density at radius 3 is 2.68 bits per heavy atom. The predicted molar refractivity (Wildman–Crippen MR) is 78.7 cm³/mol. The number of hydrogen-bond acceptors (Lipinski definition) is 3. The minimum absolute atomic E-state index is 0.148. The fourth-order valence-corrected chi connectivity index (χ4v) is 2.61. The van der Waals surface area contributed by atoms with E-state index in [1.165, 1.54) is 0 Å². The normalized spacial score (nSPS) is 19.0. The van der Waals surface area contributed by atoms with Gasteiger partial charge in [0.2, 0.25) is 0 Å². The summed E-state index contributed by atoms with van der Waals surface area (Å²) in [4.78, 5) is 16.6. The molecule has 4 nitrogen and oxygen atoms in total. The van der Waals surface area contributed by atoms with Crippen molar-refractivity contribution < 1.29 is 4.79 Å². The highest BCUT2D eigenvalue weighted by atomic mass is 16.2. The summed E-state index contributed by atoms with van der Waals surface area (Å²) in [5.74, 6) is 0.148. The molecule has 19 heavy (non-hydrogen) atoms. The number of likely N-dealkylation sites (tertiary alicyclic amines) is 1. The third kappa shape index (κ3) is 2.89. The van der Waals surface area contributed by atoms with Gasteiger partial charge in [0.25, 0.3) is 5.91 Å². The highest BCUT2D eigenvalue weighted by Gasteiger charge is 2.28. The summed E-state index contributed by atoms with van der Waals surface area (Å²) in [6.45, 7) is 3.71. The zero-order valence-corrected chi connectivity index (χ0v) is 12.2. The van der Waals surface area contributed by atoms with Crippen LogP contribution in [0.2, 0.25) is 0 Å². The molecule has 0 unspecified atom stereocenters. The van der Waals surface area contributed by atoms with Crippen molar-refractivity contribution in [1.82, 2.24) is 9.80 Å². The monoisotopic (exact) mass is 261 g/mol. The van der Waals surface area contributed by atoms with Gasteiger partial charge in [-0.1, -0.05) is 0 Å². The molecule has 1 saturated heterocycles. The lowest BCUT2D eigenvalue weighted by Gasteiger charge is -2.20. The number of benzene rings is 1. The molecule has 0 saturated carbocycles. The van der Waals surface area contributed by atoms with Crippen LogP contribution >= 0.6 is 0 Å². The second kappa shape index (κ2) is 5.61. The van der Waals surface area contributed by atoms with Crippen LogP contribution in [0.4, 0.5) is 5.69 Å². The summed E-state index contributed by atoms with van der Waals surface area (Å²) < 4.78 is 0. The first-order valence-corrected chi connectivity index (χ1v) is 6.77. The average Bonchev–Trinajstić information content (AvgIpc) is 2.87. The third-order valence-electron chi connectivity index (χ3n) is 3.92. The second-order valence-corrected chi connectivity index (χ2v) is 5.44. The van der Waals surface area contributed by atoms with Crippen molar-refractivity contribution in [3.05, 3.63) is 29.3 Å². The number of nitrogens with zero attached hydrogens (tertiary/aromatic N) is 2. The van der Waals surface area contributed by atoms with E-state index < -0.39 is 0 Å². The molecule has 1 aromatic rings. The van der Waals surface area contributed by atoms with Crippen molar-refractivity contribution in [3.63, 3.8) is 0 Å². The third-order valence-corrected chi connectivity index (χ3v) is 3.92. The Labute approximate surface area is 115 Å². The molecule has 0 bridgehead atoms. The topological polar surface area (TPSA) is 35.6 Å². The molecule has 1 N–H and O–H groups in total. The molecule has 1 heterocycles. The predicted octanol–water partition coefficient (Wildman–Crippen LogP) is 1.81. The van der Waals surface area contributed by atoms with Crippen LogP contribution in [0.15, 0.2) is 18.2 Å². The van der Waals surface area contributed by atoms with Crippen molar-refractivity contribution in [2.45, 2.75) is 19.4 Å². The van der Waals surface area contributed by atoms with Gasteiger partial charge in [-0.05, 0) is 51.2 Å². The largest absolute Gasteiger partial charge is 0.388 e. The van der Waals surface area contributed by atoms with Gasteiger partial charge in [0.05, 0.1) is 0 Å². The van der Waals surface area contributed by atoms with E-state index in [2.05, 4.69) is 24.3 Å². The van der Waals surface area contributed by atoms with Gasteiger partial charge >= 0.3 is 0 Å². The van der Waals surface area contributed by atoms with Crippen molar-refractivity contribution in [3.8, 4) is 0 Å². The number of aryl methyl sites for hydroxylation is 1. The van der Waals surface area contributed by atoms with Gasteiger partial charge in [-0.15, -0.1) is 0 Å². The highest BCUT2D eigenvalue weighted by Crippen LogP contribution is 2.20. The molecule has 0 aromatic heterocycles. The second-order valence-electron chi connectivity index (χ2n) is 5.44. The fraction of sp³-hybridized carbons (Fsp3) is 0.533. The Hall–Kier alpha value is -1.55. The molecule has 1 aliphatic heterocycles. The van der Waals surface area contributed by atoms with Crippen LogP contribution in [0.25, 0.3) is 0 Å². The summed E-state index contributed by atoms with van der Waals surface area (Å²) in [6, 6.07) is 6.34. The van der Waals surface area contributed by atoms with E-state index in [0.717, 1.165) is 36.3 Å². The van der Waals surface area contributed by atoms with E-state index >= 15 is 0 Å². The van der Waals surface area contributed by atoms with Gasteiger partial charge in [-0.2, -0.15) is 0 Å². The number of anilines is 1. The Bertz CT molecular complexity index is 470. The SMILES string of the molecule is CNc1ccc(C(=O)N2CC[C@H](N(C)C)C2)cc1C. The van der Waals surface area contributed by atoms with E-state index in [1.807, 2.05) is 37.1 Å². The van der Waals surface area contributed by atoms with Gasteiger partial charge in [0.15, 0.2) is 0 Å². The van der Waals surface area contributed by atoms with Crippen LogP contribution in [0.1, 0.15) is 22.3 Å². The number of rotatable bonds is 3. The Morgan fingerprint density at radius 2 is 2.16 bits per heavy atom. The van der Waals surface area contributed by atoms with Crippen LogP contribution in [0.3, 0.4) is 0 Å². The van der Waals surface area contributed by atoms with Gasteiger partial charge in [-0.25, -0.2) is 0 Å². The lowest BCUT2D eigenvalue weighted by Crippen LogP contribution is -2.34. The van der Waals surface area contributed by atoms with Gasteiger partial charge in [-0.3, -0.25) is 4.79 Å². The van der Waals surface area contributed by atoms with Crippen molar-refractivity contribution in [2.24, 2.45) is 0 Å². The summed E-state index contributed by atoms with van der Waals surface area (Å²) in [7, 11) is 6.04. The zero-order valence-electron chi connectivity index (χ0n) is 12.2. The first-order chi connectivity index (χ1) is 9.02. The lowest BCUT2D eigenvalue weighted by atomic mass is 10.1. The Kier molecular flexibility index (Phi) is 4.10. The molecule has 1 amide bonds. The van der Waals surface area contributed by atoms with Crippen molar-refractivity contribution in [1.29, 1.82) is 0 Å². The standard InChI is InChI=1S/C15H23N3O/c1-11-9-12(5-6-14(11)16-2)15(19)18-8-7-13(10-18)17(3)4/h5-6,9,13,16H,7-8,10H2,1-4H3/t13-/m0/s1. The molecular formula is C15H23N3O. The van der Waals surface area contributed by atoms with Gasteiger partial charge < -0.3 is 15.1 Å². The number of hydrogen-bond donors (Lipinski definition) is 1. The minimum Gasteiger partial charge on any atom is -0.388 e. The van der Waals surface area contributed by atoms with E-state index in [1.54, 1.807) is 0 Å². The number of carbonyl (C=O) groups excluding carboxylic acids is 1.